The van der Waals surface area contributed by atoms with Crippen LogP contribution in [-0.2, 0) is 11.3 Å². The topological polar surface area (TPSA) is 113 Å². The first-order valence-corrected chi connectivity index (χ1v) is 10.8. The number of hydrogen-bond donors (Lipinski definition) is 1. The zero-order chi connectivity index (χ0) is 24.4. The average Bonchev–Trinajstić information content (AvgIpc) is 3.18. The monoisotopic (exact) mass is 450 g/mol. The van der Waals surface area contributed by atoms with E-state index in [-0.39, 0.29) is 11.8 Å². The van der Waals surface area contributed by atoms with Gasteiger partial charge in [-0.3, -0.25) is 19.5 Å². The summed E-state index contributed by atoms with van der Waals surface area (Å²) < 4.78 is 6.03. The second-order valence-electron chi connectivity index (χ2n) is 7.19. The molecule has 9 heteroatoms. The van der Waals surface area contributed by atoms with E-state index in [0.717, 1.165) is 6.42 Å². The summed E-state index contributed by atoms with van der Waals surface area (Å²) in [5, 5.41) is 11.8. The fourth-order valence-corrected chi connectivity index (χ4v) is 3.28. The average molecular weight is 451 g/mol. The van der Waals surface area contributed by atoms with E-state index >= 15 is 0 Å². The molecule has 0 spiro atoms. The van der Waals surface area contributed by atoms with Gasteiger partial charge < -0.3 is 9.64 Å². The van der Waals surface area contributed by atoms with Crippen LogP contribution in [0.4, 0.5) is 5.95 Å². The Morgan fingerprint density at radius 3 is 2.52 bits per heavy atom. The number of imidazole rings is 1. The summed E-state index contributed by atoms with van der Waals surface area (Å²) >= 11 is 0. The van der Waals surface area contributed by atoms with Crippen molar-refractivity contribution in [3.63, 3.8) is 0 Å². The Labute approximate surface area is 194 Å². The summed E-state index contributed by atoms with van der Waals surface area (Å²) in [7, 11) is 3.25. The number of fused-ring (bicyclic) bond motifs is 1. The van der Waals surface area contributed by atoms with Gasteiger partial charge in [0.25, 0.3) is 11.8 Å². The first-order valence-electron chi connectivity index (χ1n) is 10.8. The molecule has 3 aromatic rings. The normalized spacial score (nSPS) is 10.2. The van der Waals surface area contributed by atoms with Gasteiger partial charge in [-0.2, -0.15) is 5.26 Å². The molecule has 174 valence electrons. The maximum Gasteiger partial charge on any atom is 0.258 e. The van der Waals surface area contributed by atoms with Gasteiger partial charge in [-0.1, -0.05) is 13.0 Å². The first kappa shape index (κ1) is 25.5. The third kappa shape index (κ3) is 6.14. The van der Waals surface area contributed by atoms with E-state index in [4.69, 9.17) is 5.26 Å². The van der Waals surface area contributed by atoms with Gasteiger partial charge in [-0.05, 0) is 44.5 Å². The zero-order valence-electron chi connectivity index (χ0n) is 19.8. The van der Waals surface area contributed by atoms with Gasteiger partial charge in [0, 0.05) is 45.6 Å². The van der Waals surface area contributed by atoms with Gasteiger partial charge >= 0.3 is 0 Å². The van der Waals surface area contributed by atoms with Gasteiger partial charge in [-0.25, -0.2) is 9.97 Å². The predicted molar refractivity (Wildman–Crippen MR) is 127 cm³/mol. The molecular weight excluding hydrogens is 420 g/mol. The molecule has 0 saturated carbocycles. The van der Waals surface area contributed by atoms with Crippen molar-refractivity contribution in [2.75, 3.05) is 32.6 Å². The van der Waals surface area contributed by atoms with E-state index in [9.17, 15) is 9.59 Å². The van der Waals surface area contributed by atoms with Gasteiger partial charge in [0.05, 0.1) is 17.2 Å². The molecule has 0 radical (unpaired) electrons. The highest BCUT2D eigenvalue weighted by Gasteiger charge is 2.19. The molecule has 3 rings (SSSR count). The number of carbonyl (C=O) groups is 2. The number of aryl methyl sites for hydroxylation is 1. The Morgan fingerprint density at radius 1 is 1.18 bits per heavy atom. The van der Waals surface area contributed by atoms with Crippen LogP contribution in [0.2, 0.25) is 0 Å². The van der Waals surface area contributed by atoms with Crippen molar-refractivity contribution in [1.82, 2.24) is 19.4 Å². The van der Waals surface area contributed by atoms with Gasteiger partial charge in [0.15, 0.2) is 5.65 Å². The Balaban J connectivity index is 0.00000122. The van der Waals surface area contributed by atoms with E-state index in [2.05, 4.69) is 20.0 Å². The Bertz CT molecular complexity index is 1150. The van der Waals surface area contributed by atoms with Crippen LogP contribution in [0.25, 0.3) is 11.2 Å². The molecular formula is C24H30N6O3. The number of aromatic nitrogens is 3. The van der Waals surface area contributed by atoms with Crippen LogP contribution in [0.3, 0.4) is 0 Å². The second kappa shape index (κ2) is 12.3. The van der Waals surface area contributed by atoms with Crippen molar-refractivity contribution in [2.24, 2.45) is 0 Å². The Hall–Kier alpha value is -3.77. The molecule has 0 aliphatic carbocycles. The van der Waals surface area contributed by atoms with Crippen LogP contribution in [0, 0.1) is 11.3 Å². The molecule has 0 bridgehead atoms. The molecule has 33 heavy (non-hydrogen) atoms. The maximum absolute atomic E-state index is 12.7. The number of methoxy groups -OCH3 is 1. The predicted octanol–water partition coefficient (Wildman–Crippen LogP) is 3.71. The molecule has 1 N–H and O–H groups in total. The number of carbonyl (C=O) groups excluding carboxylic acids is 2. The molecule has 2 amide bonds. The minimum atomic E-state index is -0.367. The number of pyridine rings is 1. The number of rotatable bonds is 7. The number of hydrogen-bond acceptors (Lipinski definition) is 6. The van der Waals surface area contributed by atoms with Crippen LogP contribution >= 0.6 is 0 Å². The van der Waals surface area contributed by atoms with Crippen molar-refractivity contribution >= 4 is 28.9 Å². The smallest absolute Gasteiger partial charge is 0.258 e. The summed E-state index contributed by atoms with van der Waals surface area (Å²) in [5.74, 6) is -0.106. The minimum Gasteiger partial charge on any atom is -0.388 e. The SMILES string of the molecule is CCCN(CC)C(=O)c1cnc2c(c1)nc(NC(=O)c1cccc(C#N)c1)n2CC.COC. The molecule has 2 aromatic heterocycles. The molecule has 1 aromatic carbocycles. The number of nitrogens with zero attached hydrogens (tertiary/aromatic N) is 5. The second-order valence-corrected chi connectivity index (χ2v) is 7.19. The van der Waals surface area contributed by atoms with E-state index in [1.807, 2.05) is 26.8 Å². The lowest BCUT2D eigenvalue weighted by Gasteiger charge is -2.19. The summed E-state index contributed by atoms with van der Waals surface area (Å²) in [4.78, 5) is 36.1. The Morgan fingerprint density at radius 2 is 1.91 bits per heavy atom. The molecule has 0 aliphatic rings. The standard InChI is InChI=1S/C22H24N6O2.C2H6O/c1-4-10-27(5-2)21(30)17-12-18-19(24-14-17)28(6-3)22(25-18)26-20(29)16-9-7-8-15(11-16)13-23;1-3-2/h7-9,11-12,14H,4-6,10H2,1-3H3,(H,25,26,29);1-2H3. The van der Waals surface area contributed by atoms with E-state index in [0.29, 0.717) is 53.4 Å². The highest BCUT2D eigenvalue weighted by Crippen LogP contribution is 2.20. The number of nitrogens with one attached hydrogen (secondary N) is 1. The molecule has 0 aliphatic heterocycles. The Kier molecular flexibility index (Phi) is 9.51. The largest absolute Gasteiger partial charge is 0.388 e. The molecule has 0 atom stereocenters. The number of benzene rings is 1. The summed E-state index contributed by atoms with van der Waals surface area (Å²) in [5.41, 5.74) is 2.37. The number of amides is 2. The fourth-order valence-electron chi connectivity index (χ4n) is 3.28. The molecule has 2 heterocycles. The summed E-state index contributed by atoms with van der Waals surface area (Å²) in [6.45, 7) is 7.74. The lowest BCUT2D eigenvalue weighted by Crippen LogP contribution is -2.31. The van der Waals surface area contributed by atoms with E-state index in [1.54, 1.807) is 54.1 Å². The summed E-state index contributed by atoms with van der Waals surface area (Å²) in [6.07, 6.45) is 2.43. The lowest BCUT2D eigenvalue weighted by molar-refractivity contribution is 0.0764. The highest BCUT2D eigenvalue weighted by molar-refractivity contribution is 6.04. The number of anilines is 1. The van der Waals surface area contributed by atoms with Crippen molar-refractivity contribution in [3.05, 3.63) is 53.2 Å². The fraction of sp³-hybridized carbons (Fsp3) is 0.375. The van der Waals surface area contributed by atoms with Gasteiger partial charge in [0.1, 0.15) is 5.52 Å². The quantitative estimate of drug-likeness (QED) is 0.587. The molecule has 0 unspecified atom stereocenters. The van der Waals surface area contributed by atoms with Crippen LogP contribution in [0.5, 0.6) is 0 Å². The van der Waals surface area contributed by atoms with Crippen LogP contribution in [0.15, 0.2) is 36.5 Å². The van der Waals surface area contributed by atoms with Crippen molar-refractivity contribution in [1.29, 1.82) is 5.26 Å². The molecule has 9 nitrogen and oxygen atoms in total. The highest BCUT2D eigenvalue weighted by atomic mass is 16.4. The maximum atomic E-state index is 12.7. The number of ether oxygens (including phenoxy) is 1. The van der Waals surface area contributed by atoms with Gasteiger partial charge in [0.2, 0.25) is 5.95 Å². The molecule has 0 saturated heterocycles. The van der Waals surface area contributed by atoms with Crippen molar-refractivity contribution in [2.45, 2.75) is 33.7 Å². The third-order valence-electron chi connectivity index (χ3n) is 4.79. The third-order valence-corrected chi connectivity index (χ3v) is 4.79. The summed E-state index contributed by atoms with van der Waals surface area (Å²) in [6, 6.07) is 10.2. The lowest BCUT2D eigenvalue weighted by atomic mass is 10.1. The number of nitriles is 1. The van der Waals surface area contributed by atoms with Gasteiger partial charge in [-0.15, -0.1) is 0 Å². The van der Waals surface area contributed by atoms with Crippen LogP contribution < -0.4 is 5.32 Å². The van der Waals surface area contributed by atoms with Crippen molar-refractivity contribution in [3.8, 4) is 6.07 Å². The van der Waals surface area contributed by atoms with E-state index in [1.165, 1.54) is 6.07 Å². The molecule has 0 fully saturated rings. The minimum absolute atomic E-state index is 0.0845. The van der Waals surface area contributed by atoms with Crippen LogP contribution in [-0.4, -0.2) is 58.6 Å². The van der Waals surface area contributed by atoms with Crippen molar-refractivity contribution < 1.29 is 14.3 Å². The first-order chi connectivity index (χ1) is 15.9. The zero-order valence-corrected chi connectivity index (χ0v) is 19.8. The van der Waals surface area contributed by atoms with Crippen LogP contribution in [0.1, 0.15) is 53.5 Å². The van der Waals surface area contributed by atoms with E-state index < -0.39 is 0 Å².